The van der Waals surface area contributed by atoms with E-state index in [1.54, 1.807) is 11.9 Å². The highest BCUT2D eigenvalue weighted by atomic mass is 16.5. The lowest BCUT2D eigenvalue weighted by atomic mass is 10.1. The molecule has 0 spiro atoms. The molecular formula is C20H29N5O4. The molecule has 1 aromatic rings. The highest BCUT2D eigenvalue weighted by molar-refractivity contribution is 6.04. The van der Waals surface area contributed by atoms with Gasteiger partial charge in [-0.05, 0) is 24.5 Å². The average molecular weight is 403 g/mol. The summed E-state index contributed by atoms with van der Waals surface area (Å²) < 4.78 is 5.62. The monoisotopic (exact) mass is 403 g/mol. The van der Waals surface area contributed by atoms with E-state index in [1.165, 1.54) is 4.90 Å². The van der Waals surface area contributed by atoms with Gasteiger partial charge in [0.05, 0.1) is 6.54 Å². The summed E-state index contributed by atoms with van der Waals surface area (Å²) in [5, 5.41) is 16.1. The molecule has 158 valence electrons. The highest BCUT2D eigenvalue weighted by Crippen LogP contribution is 2.21. The number of benzene rings is 1. The summed E-state index contributed by atoms with van der Waals surface area (Å²) >= 11 is 0. The third-order valence-corrected chi connectivity index (χ3v) is 4.98. The van der Waals surface area contributed by atoms with E-state index in [9.17, 15) is 14.7 Å². The molecule has 2 heterocycles. The van der Waals surface area contributed by atoms with Gasteiger partial charge in [0.2, 0.25) is 0 Å². The SMILES string of the molecule is CC(C)CCN=C1NC2C(C(=O)NC(=O)N2C)N1CC(O)COc1ccccc1. The molecule has 9 heteroatoms. The molecule has 3 rings (SSSR count). The highest BCUT2D eigenvalue weighted by Gasteiger charge is 2.50. The van der Waals surface area contributed by atoms with Crippen LogP contribution in [0.1, 0.15) is 20.3 Å². The van der Waals surface area contributed by atoms with Crippen LogP contribution in [0.4, 0.5) is 4.79 Å². The number of carbonyl (C=O) groups excluding carboxylic acids is 2. The lowest BCUT2D eigenvalue weighted by Gasteiger charge is -2.35. The zero-order valence-electron chi connectivity index (χ0n) is 17.0. The number of para-hydroxylation sites is 1. The third kappa shape index (κ3) is 4.97. The number of hydrogen-bond acceptors (Lipinski definition) is 5. The maximum Gasteiger partial charge on any atom is 0.325 e. The first-order valence-electron chi connectivity index (χ1n) is 9.88. The summed E-state index contributed by atoms with van der Waals surface area (Å²) in [5.74, 6) is 1.26. The summed E-state index contributed by atoms with van der Waals surface area (Å²) in [6.07, 6.45) is -0.479. The molecule has 0 radical (unpaired) electrons. The topological polar surface area (TPSA) is 106 Å². The standard InChI is InChI=1S/C20H29N5O4/c1-13(2)9-10-21-19-22-17-16(18(27)23-20(28)24(17)3)25(19)11-14(26)12-29-15-7-5-4-6-8-15/h4-8,13-14,16-17,26H,9-12H2,1-3H3,(H,21,22)(H,23,27,28). The first-order valence-corrected chi connectivity index (χ1v) is 9.88. The number of urea groups is 1. The van der Waals surface area contributed by atoms with Crippen molar-refractivity contribution < 1.29 is 19.4 Å². The molecule has 2 saturated heterocycles. The van der Waals surface area contributed by atoms with Crippen LogP contribution < -0.4 is 15.4 Å². The number of ether oxygens (including phenoxy) is 1. The number of carbonyl (C=O) groups is 2. The number of amides is 3. The van der Waals surface area contributed by atoms with Gasteiger partial charge in [0.1, 0.15) is 24.6 Å². The quantitative estimate of drug-likeness (QED) is 0.587. The van der Waals surface area contributed by atoms with Crippen molar-refractivity contribution in [1.29, 1.82) is 0 Å². The van der Waals surface area contributed by atoms with E-state index < -0.39 is 30.2 Å². The Morgan fingerprint density at radius 1 is 1.24 bits per heavy atom. The summed E-state index contributed by atoms with van der Waals surface area (Å²) in [4.78, 5) is 32.3. The summed E-state index contributed by atoms with van der Waals surface area (Å²) in [5.41, 5.74) is 0. The van der Waals surface area contributed by atoms with E-state index in [0.717, 1.165) is 6.42 Å². The van der Waals surface area contributed by atoms with E-state index in [0.29, 0.717) is 24.2 Å². The number of guanidine groups is 1. The Morgan fingerprint density at radius 2 is 1.97 bits per heavy atom. The number of nitrogens with one attached hydrogen (secondary N) is 2. The van der Waals surface area contributed by atoms with E-state index in [2.05, 4.69) is 29.5 Å². The van der Waals surface area contributed by atoms with Gasteiger partial charge in [-0.1, -0.05) is 32.0 Å². The van der Waals surface area contributed by atoms with Gasteiger partial charge in [-0.3, -0.25) is 15.1 Å². The minimum Gasteiger partial charge on any atom is -0.491 e. The number of aliphatic hydroxyl groups excluding tert-OH is 1. The number of aliphatic imine (C=N–C) groups is 1. The van der Waals surface area contributed by atoms with Crippen LogP contribution in [-0.4, -0.2) is 77.9 Å². The fourth-order valence-electron chi connectivity index (χ4n) is 3.34. The third-order valence-electron chi connectivity index (χ3n) is 4.98. The van der Waals surface area contributed by atoms with Gasteiger partial charge in [-0.2, -0.15) is 0 Å². The Morgan fingerprint density at radius 3 is 2.66 bits per heavy atom. The van der Waals surface area contributed by atoms with Crippen molar-refractivity contribution in [3.05, 3.63) is 30.3 Å². The second-order valence-electron chi connectivity index (χ2n) is 7.76. The van der Waals surface area contributed by atoms with Crippen LogP contribution in [0.2, 0.25) is 0 Å². The molecule has 3 atom stereocenters. The van der Waals surface area contributed by atoms with Crippen LogP contribution in [0.5, 0.6) is 5.75 Å². The zero-order chi connectivity index (χ0) is 21.0. The number of fused-ring (bicyclic) bond motifs is 1. The van der Waals surface area contributed by atoms with Crippen molar-refractivity contribution in [3.63, 3.8) is 0 Å². The fraction of sp³-hybridized carbons (Fsp3) is 0.550. The van der Waals surface area contributed by atoms with E-state index in [-0.39, 0.29) is 13.2 Å². The molecule has 0 aliphatic carbocycles. The Hall–Kier alpha value is -2.81. The Labute approximate surface area is 170 Å². The first kappa shape index (κ1) is 20.9. The lowest BCUT2D eigenvalue weighted by molar-refractivity contribution is -0.127. The van der Waals surface area contributed by atoms with Gasteiger partial charge in [0, 0.05) is 13.6 Å². The Bertz CT molecular complexity index is 754. The van der Waals surface area contributed by atoms with E-state index >= 15 is 0 Å². The number of nitrogens with zero attached hydrogens (tertiary/aromatic N) is 3. The number of likely N-dealkylation sites (N-methyl/N-ethyl adjacent to an activating group) is 1. The fourth-order valence-corrected chi connectivity index (χ4v) is 3.34. The van der Waals surface area contributed by atoms with Crippen molar-refractivity contribution in [1.82, 2.24) is 20.4 Å². The summed E-state index contributed by atoms with van der Waals surface area (Å²) in [6, 6.07) is 8.10. The second kappa shape index (κ2) is 9.13. The molecule has 3 N–H and O–H groups in total. The molecular weight excluding hydrogens is 374 g/mol. The molecule has 2 fully saturated rings. The van der Waals surface area contributed by atoms with Crippen LogP contribution in [0.25, 0.3) is 0 Å². The molecule has 0 saturated carbocycles. The molecule has 29 heavy (non-hydrogen) atoms. The lowest BCUT2D eigenvalue weighted by Crippen LogP contribution is -2.65. The summed E-state index contributed by atoms with van der Waals surface area (Å²) in [7, 11) is 1.62. The Balaban J connectivity index is 1.72. The number of imide groups is 1. The normalized spacial score (nSPS) is 23.8. The maximum atomic E-state index is 12.5. The van der Waals surface area contributed by atoms with Gasteiger partial charge in [-0.15, -0.1) is 0 Å². The second-order valence-corrected chi connectivity index (χ2v) is 7.76. The molecule has 1 aromatic carbocycles. The van der Waals surface area contributed by atoms with Crippen LogP contribution in [0.15, 0.2) is 35.3 Å². The minimum absolute atomic E-state index is 0.0769. The van der Waals surface area contributed by atoms with Crippen LogP contribution in [0, 0.1) is 5.92 Å². The van der Waals surface area contributed by atoms with Gasteiger partial charge >= 0.3 is 6.03 Å². The molecule has 2 aliphatic rings. The number of hydrogen-bond donors (Lipinski definition) is 3. The number of aliphatic hydroxyl groups is 1. The predicted octanol–water partition coefficient (Wildman–Crippen LogP) is 0.610. The maximum absolute atomic E-state index is 12.5. The van der Waals surface area contributed by atoms with Crippen molar-refractivity contribution >= 4 is 17.9 Å². The van der Waals surface area contributed by atoms with Gasteiger partial charge in [0.15, 0.2) is 12.0 Å². The molecule has 9 nitrogen and oxygen atoms in total. The van der Waals surface area contributed by atoms with Crippen molar-refractivity contribution in [2.75, 3.05) is 26.7 Å². The van der Waals surface area contributed by atoms with E-state index in [4.69, 9.17) is 4.74 Å². The summed E-state index contributed by atoms with van der Waals surface area (Å²) in [6.45, 7) is 5.05. The largest absolute Gasteiger partial charge is 0.491 e. The molecule has 3 unspecified atom stereocenters. The number of β-amino-alcohol motifs (C(OH)–C–C–N with tert-alkyl or cyclic N) is 1. The predicted molar refractivity (Wildman–Crippen MR) is 108 cm³/mol. The van der Waals surface area contributed by atoms with Gasteiger partial charge in [0.25, 0.3) is 5.91 Å². The Kier molecular flexibility index (Phi) is 6.58. The zero-order valence-corrected chi connectivity index (χ0v) is 17.0. The van der Waals surface area contributed by atoms with E-state index in [1.807, 2.05) is 30.3 Å². The molecule has 0 aromatic heterocycles. The van der Waals surface area contributed by atoms with Crippen LogP contribution >= 0.6 is 0 Å². The first-order chi connectivity index (χ1) is 13.9. The van der Waals surface area contributed by atoms with Crippen LogP contribution in [0.3, 0.4) is 0 Å². The van der Waals surface area contributed by atoms with Crippen molar-refractivity contribution in [2.45, 2.75) is 38.6 Å². The minimum atomic E-state index is -0.846. The average Bonchev–Trinajstić information content (AvgIpc) is 3.04. The molecule has 0 bridgehead atoms. The molecule has 3 amide bonds. The van der Waals surface area contributed by atoms with Crippen molar-refractivity contribution in [2.24, 2.45) is 10.9 Å². The smallest absolute Gasteiger partial charge is 0.325 e. The molecule has 2 aliphatic heterocycles. The van der Waals surface area contributed by atoms with Gasteiger partial charge < -0.3 is 25.0 Å². The number of rotatable bonds is 8. The van der Waals surface area contributed by atoms with Gasteiger partial charge in [-0.25, -0.2) is 4.79 Å². The van der Waals surface area contributed by atoms with Crippen LogP contribution in [-0.2, 0) is 4.79 Å². The van der Waals surface area contributed by atoms with Crippen molar-refractivity contribution in [3.8, 4) is 5.75 Å².